The molecule has 2 rings (SSSR count). The molecule has 1 atom stereocenters. The fourth-order valence-corrected chi connectivity index (χ4v) is 3.01. The fraction of sp³-hybridized carbons (Fsp3) is 0.625. The predicted molar refractivity (Wildman–Crippen MR) is 72.2 cm³/mol. The summed E-state index contributed by atoms with van der Waals surface area (Å²) in [5.74, 6) is 2.21. The first-order valence-corrected chi connectivity index (χ1v) is 7.02. The van der Waals surface area contributed by atoms with E-state index in [0.717, 1.165) is 18.3 Å². The van der Waals surface area contributed by atoms with Gasteiger partial charge in [-0.2, -0.15) is 0 Å². The predicted octanol–water partition coefficient (Wildman–Crippen LogP) is 4.54. The van der Waals surface area contributed by atoms with Crippen LogP contribution in [0.15, 0.2) is 24.3 Å². The highest BCUT2D eigenvalue weighted by Crippen LogP contribution is 2.31. The maximum Gasteiger partial charge on any atom is 0.115 e. The summed E-state index contributed by atoms with van der Waals surface area (Å²) >= 11 is 0. The molecule has 1 saturated carbocycles. The monoisotopic (exact) mass is 232 g/mol. The van der Waals surface area contributed by atoms with Crippen LogP contribution in [0.2, 0.25) is 0 Å². The Balaban J connectivity index is 1.71. The minimum Gasteiger partial charge on any atom is -0.508 e. The standard InChI is InChI=1S/C16H24O/c1-13(12-15-4-2-3-5-15)6-7-14-8-10-16(17)11-9-14/h8-11,13,15,17H,2-7,12H2,1H3. The van der Waals surface area contributed by atoms with Crippen molar-refractivity contribution in [2.45, 2.75) is 51.9 Å². The van der Waals surface area contributed by atoms with Crippen molar-refractivity contribution in [3.8, 4) is 5.75 Å². The summed E-state index contributed by atoms with van der Waals surface area (Å²) in [6.45, 7) is 2.39. The Hall–Kier alpha value is -0.980. The van der Waals surface area contributed by atoms with Crippen molar-refractivity contribution < 1.29 is 5.11 Å². The van der Waals surface area contributed by atoms with Crippen LogP contribution in [0.4, 0.5) is 0 Å². The number of aryl methyl sites for hydroxylation is 1. The molecule has 1 aliphatic rings. The van der Waals surface area contributed by atoms with E-state index >= 15 is 0 Å². The Morgan fingerprint density at radius 2 is 1.82 bits per heavy atom. The second-order valence-electron chi connectivity index (χ2n) is 5.70. The summed E-state index contributed by atoms with van der Waals surface area (Å²) in [7, 11) is 0. The van der Waals surface area contributed by atoms with Crippen LogP contribution in [0.1, 0.15) is 51.0 Å². The van der Waals surface area contributed by atoms with Crippen LogP contribution >= 0.6 is 0 Å². The van der Waals surface area contributed by atoms with Crippen LogP contribution in [0.5, 0.6) is 5.75 Å². The van der Waals surface area contributed by atoms with Gasteiger partial charge >= 0.3 is 0 Å². The van der Waals surface area contributed by atoms with Crippen molar-refractivity contribution in [2.24, 2.45) is 11.8 Å². The van der Waals surface area contributed by atoms with E-state index in [1.807, 2.05) is 12.1 Å². The maximum atomic E-state index is 9.22. The minimum atomic E-state index is 0.368. The van der Waals surface area contributed by atoms with Crippen molar-refractivity contribution in [3.63, 3.8) is 0 Å². The van der Waals surface area contributed by atoms with Crippen molar-refractivity contribution in [1.82, 2.24) is 0 Å². The second-order valence-corrected chi connectivity index (χ2v) is 5.70. The summed E-state index contributed by atoms with van der Waals surface area (Å²) in [6, 6.07) is 7.66. The number of phenolic OH excluding ortho intramolecular Hbond substituents is 1. The van der Waals surface area contributed by atoms with Crippen LogP contribution in [-0.2, 0) is 6.42 Å². The third-order valence-corrected chi connectivity index (χ3v) is 4.07. The zero-order chi connectivity index (χ0) is 12.1. The van der Waals surface area contributed by atoms with Gasteiger partial charge in [0.15, 0.2) is 0 Å². The Bertz CT molecular complexity index is 322. The van der Waals surface area contributed by atoms with E-state index in [9.17, 15) is 5.11 Å². The van der Waals surface area contributed by atoms with E-state index in [4.69, 9.17) is 0 Å². The summed E-state index contributed by atoms with van der Waals surface area (Å²) in [5, 5.41) is 9.22. The molecule has 0 amide bonds. The van der Waals surface area contributed by atoms with E-state index in [1.54, 1.807) is 12.1 Å². The highest BCUT2D eigenvalue weighted by Gasteiger charge is 2.17. The zero-order valence-electron chi connectivity index (χ0n) is 10.9. The van der Waals surface area contributed by atoms with Crippen LogP contribution in [0, 0.1) is 11.8 Å². The van der Waals surface area contributed by atoms with Crippen LogP contribution in [-0.4, -0.2) is 5.11 Å². The average Bonchev–Trinajstić information content (AvgIpc) is 2.81. The first-order chi connectivity index (χ1) is 8.24. The van der Waals surface area contributed by atoms with Crippen molar-refractivity contribution in [1.29, 1.82) is 0 Å². The van der Waals surface area contributed by atoms with Gasteiger partial charge in [0, 0.05) is 0 Å². The van der Waals surface area contributed by atoms with Crippen molar-refractivity contribution in [3.05, 3.63) is 29.8 Å². The van der Waals surface area contributed by atoms with E-state index in [0.29, 0.717) is 5.75 Å². The van der Waals surface area contributed by atoms with Gasteiger partial charge in [-0.3, -0.25) is 0 Å². The van der Waals surface area contributed by atoms with Crippen LogP contribution in [0.3, 0.4) is 0 Å². The molecule has 0 aliphatic heterocycles. The quantitative estimate of drug-likeness (QED) is 0.790. The largest absolute Gasteiger partial charge is 0.508 e. The lowest BCUT2D eigenvalue weighted by Crippen LogP contribution is -2.04. The lowest BCUT2D eigenvalue weighted by Gasteiger charge is -2.16. The van der Waals surface area contributed by atoms with Gasteiger partial charge in [0.25, 0.3) is 0 Å². The maximum absolute atomic E-state index is 9.22. The number of hydrogen-bond acceptors (Lipinski definition) is 1. The van der Waals surface area contributed by atoms with Crippen molar-refractivity contribution in [2.75, 3.05) is 0 Å². The Labute approximate surface area is 105 Å². The molecule has 1 N–H and O–H groups in total. The first-order valence-electron chi connectivity index (χ1n) is 7.02. The van der Waals surface area contributed by atoms with Crippen LogP contribution in [0.25, 0.3) is 0 Å². The molecule has 1 aromatic rings. The van der Waals surface area contributed by atoms with E-state index in [2.05, 4.69) is 6.92 Å². The molecular formula is C16H24O. The molecule has 1 unspecified atom stereocenters. The Morgan fingerprint density at radius 3 is 2.47 bits per heavy atom. The summed E-state index contributed by atoms with van der Waals surface area (Å²) < 4.78 is 0. The molecule has 0 heterocycles. The van der Waals surface area contributed by atoms with Gasteiger partial charge in [0.05, 0.1) is 0 Å². The average molecular weight is 232 g/mol. The van der Waals surface area contributed by atoms with Crippen molar-refractivity contribution >= 4 is 0 Å². The van der Waals surface area contributed by atoms with E-state index < -0.39 is 0 Å². The molecule has 1 aromatic carbocycles. The Morgan fingerprint density at radius 1 is 1.18 bits per heavy atom. The molecule has 0 radical (unpaired) electrons. The topological polar surface area (TPSA) is 20.2 Å². The van der Waals surface area contributed by atoms with Gasteiger partial charge in [-0.15, -0.1) is 0 Å². The molecule has 1 nitrogen and oxygen atoms in total. The smallest absolute Gasteiger partial charge is 0.115 e. The SMILES string of the molecule is CC(CCc1ccc(O)cc1)CC1CCCC1. The number of hydrogen-bond donors (Lipinski definition) is 1. The number of rotatable bonds is 5. The minimum absolute atomic E-state index is 0.368. The molecule has 1 aliphatic carbocycles. The normalized spacial score (nSPS) is 18.4. The highest BCUT2D eigenvalue weighted by atomic mass is 16.3. The third-order valence-electron chi connectivity index (χ3n) is 4.07. The molecule has 1 fully saturated rings. The fourth-order valence-electron chi connectivity index (χ4n) is 3.01. The van der Waals surface area contributed by atoms with E-state index in [-0.39, 0.29) is 0 Å². The number of aromatic hydroxyl groups is 1. The second kappa shape index (κ2) is 6.09. The molecule has 0 saturated heterocycles. The Kier molecular flexibility index (Phi) is 4.47. The molecule has 17 heavy (non-hydrogen) atoms. The molecule has 94 valence electrons. The molecule has 0 aromatic heterocycles. The summed E-state index contributed by atoms with van der Waals surface area (Å²) in [4.78, 5) is 0. The van der Waals surface area contributed by atoms with Crippen LogP contribution < -0.4 is 0 Å². The van der Waals surface area contributed by atoms with Gasteiger partial charge in [0.2, 0.25) is 0 Å². The van der Waals surface area contributed by atoms with Gasteiger partial charge in [0.1, 0.15) is 5.75 Å². The van der Waals surface area contributed by atoms with E-state index in [1.165, 1.54) is 44.1 Å². The summed E-state index contributed by atoms with van der Waals surface area (Å²) in [5.41, 5.74) is 1.35. The number of phenols is 1. The van der Waals surface area contributed by atoms with Gasteiger partial charge in [-0.05, 0) is 48.8 Å². The zero-order valence-corrected chi connectivity index (χ0v) is 10.9. The van der Waals surface area contributed by atoms with Gasteiger partial charge in [-0.1, -0.05) is 44.7 Å². The van der Waals surface area contributed by atoms with Gasteiger partial charge in [-0.25, -0.2) is 0 Å². The lowest BCUT2D eigenvalue weighted by atomic mass is 9.90. The lowest BCUT2D eigenvalue weighted by molar-refractivity contribution is 0.380. The first kappa shape index (κ1) is 12.5. The summed E-state index contributed by atoms with van der Waals surface area (Å²) in [6.07, 6.45) is 9.67. The molecule has 1 heteroatoms. The third kappa shape index (κ3) is 4.07. The highest BCUT2D eigenvalue weighted by molar-refractivity contribution is 5.25. The van der Waals surface area contributed by atoms with Gasteiger partial charge < -0.3 is 5.11 Å². The molecule has 0 spiro atoms. The number of benzene rings is 1. The molecular weight excluding hydrogens is 208 g/mol. The molecule has 0 bridgehead atoms.